The first-order valence-corrected chi connectivity index (χ1v) is 7.16. The molecule has 5 heteroatoms. The molecule has 0 radical (unpaired) electrons. The van der Waals surface area contributed by atoms with E-state index in [4.69, 9.17) is 9.47 Å². The number of hydrogen-bond donors (Lipinski definition) is 0. The van der Waals surface area contributed by atoms with E-state index in [1.54, 1.807) is 32.5 Å². The van der Waals surface area contributed by atoms with Gasteiger partial charge in [-0.25, -0.2) is 4.98 Å². The van der Waals surface area contributed by atoms with Crippen LogP contribution in [0.15, 0.2) is 36.5 Å². The standard InChI is InChI=1S/C17H18N2O3/c1-21-15-5-3-12-7-8-19(11-14(12)9-15)17(20)13-4-6-16(22-2)18-10-13/h3-6,9-10H,7-8,11H2,1-2H3. The minimum absolute atomic E-state index is 0.0105. The van der Waals surface area contributed by atoms with Gasteiger partial charge in [-0.05, 0) is 35.7 Å². The fourth-order valence-electron chi connectivity index (χ4n) is 2.64. The number of methoxy groups -OCH3 is 2. The molecule has 1 aliphatic heterocycles. The lowest BCUT2D eigenvalue weighted by atomic mass is 9.99. The molecule has 1 amide bonds. The summed E-state index contributed by atoms with van der Waals surface area (Å²) >= 11 is 0. The number of benzene rings is 1. The summed E-state index contributed by atoms with van der Waals surface area (Å²) in [5.41, 5.74) is 2.99. The zero-order valence-corrected chi connectivity index (χ0v) is 12.7. The van der Waals surface area contributed by atoms with Gasteiger partial charge in [0.1, 0.15) is 5.75 Å². The molecule has 3 rings (SSSR count). The van der Waals surface area contributed by atoms with Crippen LogP contribution in [0.3, 0.4) is 0 Å². The predicted octanol–water partition coefficient (Wildman–Crippen LogP) is 2.30. The van der Waals surface area contributed by atoms with Crippen LogP contribution in [-0.2, 0) is 13.0 Å². The number of rotatable bonds is 3. The van der Waals surface area contributed by atoms with Crippen molar-refractivity contribution < 1.29 is 14.3 Å². The summed E-state index contributed by atoms with van der Waals surface area (Å²) in [6.45, 7) is 1.31. The molecule has 22 heavy (non-hydrogen) atoms. The number of fused-ring (bicyclic) bond motifs is 1. The van der Waals surface area contributed by atoms with Gasteiger partial charge in [-0.1, -0.05) is 6.07 Å². The first kappa shape index (κ1) is 14.4. The van der Waals surface area contributed by atoms with Crippen LogP contribution >= 0.6 is 0 Å². The fraction of sp³-hybridized carbons (Fsp3) is 0.294. The summed E-state index contributed by atoms with van der Waals surface area (Å²) in [6, 6.07) is 9.49. The Morgan fingerprint density at radius 3 is 2.68 bits per heavy atom. The number of amides is 1. The lowest BCUT2D eigenvalue weighted by Gasteiger charge is -2.29. The van der Waals surface area contributed by atoms with Gasteiger partial charge in [-0.15, -0.1) is 0 Å². The Kier molecular flexibility index (Phi) is 3.96. The second kappa shape index (κ2) is 6.05. The first-order chi connectivity index (χ1) is 10.7. The molecule has 1 aliphatic rings. The van der Waals surface area contributed by atoms with Crippen LogP contribution in [-0.4, -0.2) is 36.6 Å². The van der Waals surface area contributed by atoms with E-state index in [0.717, 1.165) is 17.7 Å². The number of carbonyl (C=O) groups is 1. The van der Waals surface area contributed by atoms with Crippen LogP contribution in [0.4, 0.5) is 0 Å². The summed E-state index contributed by atoms with van der Waals surface area (Å²) in [6.07, 6.45) is 2.41. The number of carbonyl (C=O) groups excluding carboxylic acids is 1. The third-order valence-electron chi connectivity index (χ3n) is 3.91. The Bertz CT molecular complexity index is 683. The number of nitrogens with zero attached hydrogens (tertiary/aromatic N) is 2. The van der Waals surface area contributed by atoms with Crippen molar-refractivity contribution in [1.82, 2.24) is 9.88 Å². The number of pyridine rings is 1. The molecule has 2 aromatic rings. The maximum atomic E-state index is 12.6. The molecule has 0 unspecified atom stereocenters. The van der Waals surface area contributed by atoms with E-state index in [9.17, 15) is 4.79 Å². The summed E-state index contributed by atoms with van der Waals surface area (Å²) in [7, 11) is 3.20. The summed E-state index contributed by atoms with van der Waals surface area (Å²) < 4.78 is 10.3. The summed E-state index contributed by atoms with van der Waals surface area (Å²) in [5.74, 6) is 1.31. The molecular formula is C17H18N2O3. The maximum Gasteiger partial charge on any atom is 0.255 e. The van der Waals surface area contributed by atoms with Crippen molar-refractivity contribution in [3.63, 3.8) is 0 Å². The molecule has 5 nitrogen and oxygen atoms in total. The van der Waals surface area contributed by atoms with E-state index in [1.165, 1.54) is 5.56 Å². The molecule has 1 aromatic heterocycles. The van der Waals surface area contributed by atoms with E-state index in [0.29, 0.717) is 24.5 Å². The molecule has 0 fully saturated rings. The van der Waals surface area contributed by atoms with Crippen LogP contribution in [0, 0.1) is 0 Å². The van der Waals surface area contributed by atoms with E-state index in [1.807, 2.05) is 17.0 Å². The molecule has 1 aromatic carbocycles. The molecule has 114 valence electrons. The van der Waals surface area contributed by atoms with E-state index < -0.39 is 0 Å². The minimum atomic E-state index is -0.0105. The first-order valence-electron chi connectivity index (χ1n) is 7.16. The molecule has 0 atom stereocenters. The van der Waals surface area contributed by atoms with Gasteiger partial charge in [0.15, 0.2) is 0 Å². The minimum Gasteiger partial charge on any atom is -0.497 e. The smallest absolute Gasteiger partial charge is 0.255 e. The highest BCUT2D eigenvalue weighted by molar-refractivity contribution is 5.94. The van der Waals surface area contributed by atoms with E-state index in [2.05, 4.69) is 11.1 Å². The van der Waals surface area contributed by atoms with Crippen LogP contribution in [0.1, 0.15) is 21.5 Å². The van der Waals surface area contributed by atoms with Gasteiger partial charge in [0.2, 0.25) is 5.88 Å². The Hall–Kier alpha value is -2.56. The molecule has 0 spiro atoms. The van der Waals surface area contributed by atoms with Gasteiger partial charge in [-0.3, -0.25) is 4.79 Å². The quantitative estimate of drug-likeness (QED) is 0.872. The van der Waals surface area contributed by atoms with E-state index in [-0.39, 0.29) is 5.91 Å². The average Bonchev–Trinajstić information content (AvgIpc) is 2.60. The summed E-state index contributed by atoms with van der Waals surface area (Å²) in [5, 5.41) is 0. The Labute approximate surface area is 129 Å². The molecule has 0 saturated heterocycles. The topological polar surface area (TPSA) is 51.7 Å². The van der Waals surface area contributed by atoms with Crippen molar-refractivity contribution in [1.29, 1.82) is 0 Å². The SMILES string of the molecule is COc1ccc2c(c1)CN(C(=O)c1ccc(OC)nc1)CC2. The zero-order chi connectivity index (χ0) is 15.5. The maximum absolute atomic E-state index is 12.6. The number of hydrogen-bond acceptors (Lipinski definition) is 4. The van der Waals surface area contributed by atoms with Crippen molar-refractivity contribution in [3.8, 4) is 11.6 Å². The second-order valence-corrected chi connectivity index (χ2v) is 5.20. The van der Waals surface area contributed by atoms with Gasteiger partial charge >= 0.3 is 0 Å². The van der Waals surface area contributed by atoms with Crippen LogP contribution < -0.4 is 9.47 Å². The number of aromatic nitrogens is 1. The van der Waals surface area contributed by atoms with Gasteiger partial charge in [0.05, 0.1) is 19.8 Å². The third kappa shape index (κ3) is 2.74. The van der Waals surface area contributed by atoms with Gasteiger partial charge in [0, 0.05) is 25.4 Å². The zero-order valence-electron chi connectivity index (χ0n) is 12.7. The largest absolute Gasteiger partial charge is 0.497 e. The van der Waals surface area contributed by atoms with Gasteiger partial charge in [-0.2, -0.15) is 0 Å². The van der Waals surface area contributed by atoms with Gasteiger partial charge < -0.3 is 14.4 Å². The van der Waals surface area contributed by atoms with E-state index >= 15 is 0 Å². The lowest BCUT2D eigenvalue weighted by Crippen LogP contribution is -2.36. The third-order valence-corrected chi connectivity index (χ3v) is 3.91. The Balaban J connectivity index is 1.79. The van der Waals surface area contributed by atoms with Crippen LogP contribution in [0.5, 0.6) is 11.6 Å². The van der Waals surface area contributed by atoms with Crippen LogP contribution in [0.2, 0.25) is 0 Å². The van der Waals surface area contributed by atoms with Crippen molar-refractivity contribution in [3.05, 3.63) is 53.2 Å². The normalized spacial score (nSPS) is 13.5. The van der Waals surface area contributed by atoms with Crippen LogP contribution in [0.25, 0.3) is 0 Å². The molecule has 0 aliphatic carbocycles. The fourth-order valence-corrected chi connectivity index (χ4v) is 2.64. The molecular weight excluding hydrogens is 280 g/mol. The second-order valence-electron chi connectivity index (χ2n) is 5.20. The highest BCUT2D eigenvalue weighted by Crippen LogP contribution is 2.24. The predicted molar refractivity (Wildman–Crippen MR) is 82.2 cm³/mol. The number of ether oxygens (including phenoxy) is 2. The lowest BCUT2D eigenvalue weighted by molar-refractivity contribution is 0.0734. The van der Waals surface area contributed by atoms with Gasteiger partial charge in [0.25, 0.3) is 5.91 Å². The Morgan fingerprint density at radius 2 is 2.00 bits per heavy atom. The highest BCUT2D eigenvalue weighted by Gasteiger charge is 2.22. The monoisotopic (exact) mass is 298 g/mol. The summed E-state index contributed by atoms with van der Waals surface area (Å²) in [4.78, 5) is 18.5. The van der Waals surface area contributed by atoms with Crippen molar-refractivity contribution in [2.45, 2.75) is 13.0 Å². The van der Waals surface area contributed by atoms with Crippen molar-refractivity contribution in [2.24, 2.45) is 0 Å². The van der Waals surface area contributed by atoms with Crippen molar-refractivity contribution >= 4 is 5.91 Å². The molecule has 0 N–H and O–H groups in total. The van der Waals surface area contributed by atoms with Crippen molar-refractivity contribution in [2.75, 3.05) is 20.8 Å². The highest BCUT2D eigenvalue weighted by atomic mass is 16.5. The molecule has 2 heterocycles. The Morgan fingerprint density at radius 1 is 1.14 bits per heavy atom. The molecule has 0 saturated carbocycles. The average molecular weight is 298 g/mol. The molecule has 0 bridgehead atoms.